The van der Waals surface area contributed by atoms with Crippen LogP contribution in [0.25, 0.3) is 10.6 Å². The smallest absolute Gasteiger partial charge is 0.130 e. The number of anilines is 1. The molecule has 0 amide bonds. The fraction of sp³-hybridized carbons (Fsp3) is 0.250. The highest BCUT2D eigenvalue weighted by molar-refractivity contribution is 7.15. The Morgan fingerprint density at radius 1 is 1.18 bits per heavy atom. The second kappa shape index (κ2) is 6.62. The molecular formula is C16H17N5S. The van der Waals surface area contributed by atoms with Crippen molar-refractivity contribution < 1.29 is 0 Å². The van der Waals surface area contributed by atoms with Crippen LogP contribution < -0.4 is 5.32 Å². The van der Waals surface area contributed by atoms with Gasteiger partial charge >= 0.3 is 0 Å². The lowest BCUT2D eigenvalue weighted by Gasteiger charge is -2.06. The molecule has 3 heterocycles. The number of hydrogen-bond acceptors (Lipinski definition) is 6. The van der Waals surface area contributed by atoms with Crippen LogP contribution in [0.1, 0.15) is 23.3 Å². The first-order valence-corrected chi connectivity index (χ1v) is 8.00. The number of nitrogens with one attached hydrogen (secondary N) is 1. The Kier molecular flexibility index (Phi) is 4.39. The van der Waals surface area contributed by atoms with E-state index in [1.165, 1.54) is 4.88 Å². The van der Waals surface area contributed by atoms with E-state index < -0.39 is 0 Å². The van der Waals surface area contributed by atoms with Crippen LogP contribution in [-0.4, -0.2) is 19.9 Å². The lowest BCUT2D eigenvalue weighted by molar-refractivity contribution is 0.943. The van der Waals surface area contributed by atoms with Crippen molar-refractivity contribution in [1.29, 1.82) is 0 Å². The third-order valence-corrected chi connectivity index (χ3v) is 4.22. The van der Waals surface area contributed by atoms with Gasteiger partial charge in [-0.1, -0.05) is 6.92 Å². The number of hydrogen-bond donors (Lipinski definition) is 1. The quantitative estimate of drug-likeness (QED) is 0.781. The van der Waals surface area contributed by atoms with Crippen LogP contribution in [0.2, 0.25) is 0 Å². The minimum Gasteiger partial charge on any atom is -0.365 e. The van der Waals surface area contributed by atoms with Crippen molar-refractivity contribution in [3.05, 3.63) is 53.2 Å². The Morgan fingerprint density at radius 2 is 2.00 bits per heavy atom. The lowest BCUT2D eigenvalue weighted by Crippen LogP contribution is -2.03. The number of pyridine rings is 1. The summed E-state index contributed by atoms with van der Waals surface area (Å²) in [4.78, 5) is 18.5. The zero-order valence-electron chi connectivity index (χ0n) is 12.6. The highest BCUT2D eigenvalue weighted by Gasteiger charge is 2.05. The molecule has 0 spiro atoms. The number of aryl methyl sites for hydroxylation is 2. The Hall–Kier alpha value is -2.34. The molecule has 0 atom stereocenters. The maximum absolute atomic E-state index is 4.47. The molecule has 22 heavy (non-hydrogen) atoms. The second-order valence-electron chi connectivity index (χ2n) is 4.87. The molecule has 3 aromatic rings. The molecule has 3 aromatic heterocycles. The Morgan fingerprint density at radius 3 is 2.77 bits per heavy atom. The summed E-state index contributed by atoms with van der Waals surface area (Å²) in [6.07, 6.45) is 6.38. The summed E-state index contributed by atoms with van der Waals surface area (Å²) in [5.41, 5.74) is 2.15. The van der Waals surface area contributed by atoms with Gasteiger partial charge in [0.1, 0.15) is 16.6 Å². The van der Waals surface area contributed by atoms with Crippen molar-refractivity contribution in [2.75, 3.05) is 5.32 Å². The molecular weight excluding hydrogens is 294 g/mol. The van der Waals surface area contributed by atoms with Gasteiger partial charge in [0.15, 0.2) is 0 Å². The molecule has 0 aliphatic rings. The molecule has 0 aliphatic carbocycles. The molecule has 3 rings (SSSR count). The highest BCUT2D eigenvalue weighted by atomic mass is 32.1. The van der Waals surface area contributed by atoms with Crippen LogP contribution in [0.4, 0.5) is 5.82 Å². The zero-order valence-corrected chi connectivity index (χ0v) is 13.4. The van der Waals surface area contributed by atoms with Gasteiger partial charge in [0.05, 0.1) is 6.54 Å². The number of rotatable bonds is 5. The maximum Gasteiger partial charge on any atom is 0.130 e. The van der Waals surface area contributed by atoms with Gasteiger partial charge in [-0.25, -0.2) is 15.0 Å². The Balaban J connectivity index is 1.70. The fourth-order valence-electron chi connectivity index (χ4n) is 2.10. The van der Waals surface area contributed by atoms with Gasteiger partial charge in [0, 0.05) is 40.8 Å². The number of nitrogens with zero attached hydrogens (tertiary/aromatic N) is 4. The predicted molar refractivity (Wildman–Crippen MR) is 88.8 cm³/mol. The van der Waals surface area contributed by atoms with E-state index in [2.05, 4.69) is 32.2 Å². The monoisotopic (exact) mass is 311 g/mol. The molecule has 0 radical (unpaired) electrons. The average molecular weight is 311 g/mol. The van der Waals surface area contributed by atoms with Crippen LogP contribution >= 0.6 is 11.3 Å². The third kappa shape index (κ3) is 3.46. The first-order valence-electron chi connectivity index (χ1n) is 7.18. The number of thiazole rings is 1. The topological polar surface area (TPSA) is 63.6 Å². The van der Waals surface area contributed by atoms with E-state index in [1.807, 2.05) is 31.3 Å². The summed E-state index contributed by atoms with van der Waals surface area (Å²) in [5, 5.41) is 4.36. The van der Waals surface area contributed by atoms with Crippen LogP contribution in [0.3, 0.4) is 0 Å². The molecule has 0 fully saturated rings. The van der Waals surface area contributed by atoms with Gasteiger partial charge in [-0.3, -0.25) is 4.98 Å². The van der Waals surface area contributed by atoms with Crippen molar-refractivity contribution in [1.82, 2.24) is 19.9 Å². The molecule has 0 bridgehead atoms. The molecule has 0 saturated heterocycles. The molecule has 6 heteroatoms. The summed E-state index contributed by atoms with van der Waals surface area (Å²) in [5.74, 6) is 1.66. The van der Waals surface area contributed by atoms with E-state index in [1.54, 1.807) is 23.7 Å². The van der Waals surface area contributed by atoms with E-state index in [4.69, 9.17) is 0 Å². The normalized spacial score (nSPS) is 10.6. The van der Waals surface area contributed by atoms with Gasteiger partial charge in [-0.05, 0) is 25.5 Å². The lowest BCUT2D eigenvalue weighted by atomic mass is 10.3. The van der Waals surface area contributed by atoms with Gasteiger partial charge in [-0.15, -0.1) is 11.3 Å². The van der Waals surface area contributed by atoms with Gasteiger partial charge in [0.25, 0.3) is 0 Å². The van der Waals surface area contributed by atoms with Crippen LogP contribution in [0, 0.1) is 6.92 Å². The molecule has 112 valence electrons. The standard InChI is InChI=1S/C16H17N5S/c1-3-13-8-15(21-11(2)20-13)18-9-14-10-19-16(22-14)12-4-6-17-7-5-12/h4-8,10H,3,9H2,1-2H3,(H,18,20,21). The molecule has 0 unspecified atom stereocenters. The average Bonchev–Trinajstić information content (AvgIpc) is 3.02. The molecule has 0 aromatic carbocycles. The first-order chi connectivity index (χ1) is 10.7. The molecule has 1 N–H and O–H groups in total. The van der Waals surface area contributed by atoms with Gasteiger partial charge in [-0.2, -0.15) is 0 Å². The van der Waals surface area contributed by atoms with Crippen molar-refractivity contribution in [3.8, 4) is 10.6 Å². The predicted octanol–water partition coefficient (Wildman–Crippen LogP) is 3.48. The van der Waals surface area contributed by atoms with E-state index in [0.29, 0.717) is 6.54 Å². The minimum atomic E-state index is 0.711. The van der Waals surface area contributed by atoms with E-state index in [0.717, 1.165) is 34.3 Å². The molecule has 0 aliphatic heterocycles. The second-order valence-corrected chi connectivity index (χ2v) is 5.98. The summed E-state index contributed by atoms with van der Waals surface area (Å²) in [7, 11) is 0. The van der Waals surface area contributed by atoms with E-state index >= 15 is 0 Å². The van der Waals surface area contributed by atoms with Crippen LogP contribution in [0.5, 0.6) is 0 Å². The van der Waals surface area contributed by atoms with Crippen LogP contribution in [0.15, 0.2) is 36.8 Å². The third-order valence-electron chi connectivity index (χ3n) is 3.18. The first kappa shape index (κ1) is 14.6. The Bertz CT molecular complexity index is 754. The molecule has 0 saturated carbocycles. The van der Waals surface area contributed by atoms with Gasteiger partial charge in [0.2, 0.25) is 0 Å². The Labute approximate surface area is 133 Å². The fourth-order valence-corrected chi connectivity index (χ4v) is 2.95. The van der Waals surface area contributed by atoms with Crippen molar-refractivity contribution >= 4 is 17.2 Å². The highest BCUT2D eigenvalue weighted by Crippen LogP contribution is 2.24. The summed E-state index contributed by atoms with van der Waals surface area (Å²) in [6, 6.07) is 5.94. The number of aromatic nitrogens is 4. The molecule has 5 nitrogen and oxygen atoms in total. The maximum atomic E-state index is 4.47. The van der Waals surface area contributed by atoms with E-state index in [-0.39, 0.29) is 0 Å². The summed E-state index contributed by atoms with van der Waals surface area (Å²) in [6.45, 7) is 4.72. The van der Waals surface area contributed by atoms with Gasteiger partial charge < -0.3 is 5.32 Å². The summed E-state index contributed by atoms with van der Waals surface area (Å²) < 4.78 is 0. The minimum absolute atomic E-state index is 0.711. The SMILES string of the molecule is CCc1cc(NCc2cnc(-c3ccncc3)s2)nc(C)n1. The van der Waals surface area contributed by atoms with Crippen LogP contribution in [-0.2, 0) is 13.0 Å². The largest absolute Gasteiger partial charge is 0.365 e. The zero-order chi connectivity index (χ0) is 15.4. The van der Waals surface area contributed by atoms with Crippen molar-refractivity contribution in [2.24, 2.45) is 0 Å². The summed E-state index contributed by atoms with van der Waals surface area (Å²) >= 11 is 1.67. The van der Waals surface area contributed by atoms with Crippen molar-refractivity contribution in [3.63, 3.8) is 0 Å². The van der Waals surface area contributed by atoms with Crippen molar-refractivity contribution in [2.45, 2.75) is 26.8 Å². The van der Waals surface area contributed by atoms with E-state index in [9.17, 15) is 0 Å².